The van der Waals surface area contributed by atoms with Gasteiger partial charge in [-0.1, -0.05) is 124 Å². The SMILES string of the molecule is CCCCCCCCCCCCCCCCCCn1cc(COc2ccc(N=Cc3ccc(Br)cc3O)cc2)nn1. The van der Waals surface area contributed by atoms with Crippen LogP contribution in [0.3, 0.4) is 0 Å². The van der Waals surface area contributed by atoms with Crippen LogP contribution in [0.2, 0.25) is 0 Å². The number of nitrogens with zero attached hydrogens (tertiary/aromatic N) is 4. The molecule has 1 aromatic heterocycles. The van der Waals surface area contributed by atoms with Crippen LogP contribution in [0, 0.1) is 0 Å². The van der Waals surface area contributed by atoms with Crippen LogP contribution >= 0.6 is 15.9 Å². The van der Waals surface area contributed by atoms with Crippen molar-refractivity contribution in [3.05, 3.63) is 64.4 Å². The lowest BCUT2D eigenvalue weighted by Gasteiger charge is -2.04. The van der Waals surface area contributed by atoms with Crippen LogP contribution in [0.25, 0.3) is 0 Å². The molecule has 3 aromatic rings. The van der Waals surface area contributed by atoms with E-state index in [0.717, 1.165) is 34.6 Å². The van der Waals surface area contributed by atoms with Gasteiger partial charge in [-0.3, -0.25) is 9.67 Å². The molecule has 0 aliphatic heterocycles. The number of hydrogen-bond donors (Lipinski definition) is 1. The lowest BCUT2D eigenvalue weighted by Crippen LogP contribution is -1.98. The van der Waals surface area contributed by atoms with Crippen LogP contribution in [0.4, 0.5) is 5.69 Å². The molecule has 0 atom stereocenters. The van der Waals surface area contributed by atoms with Gasteiger partial charge in [-0.05, 0) is 48.9 Å². The van der Waals surface area contributed by atoms with Crippen LogP contribution < -0.4 is 4.74 Å². The molecule has 0 spiro atoms. The van der Waals surface area contributed by atoms with Crippen molar-refractivity contribution in [2.75, 3.05) is 0 Å². The third-order valence-electron chi connectivity index (χ3n) is 7.40. The van der Waals surface area contributed by atoms with Gasteiger partial charge in [0.2, 0.25) is 0 Å². The normalized spacial score (nSPS) is 11.5. The van der Waals surface area contributed by atoms with Crippen molar-refractivity contribution < 1.29 is 9.84 Å². The van der Waals surface area contributed by atoms with Crippen molar-refractivity contribution in [2.24, 2.45) is 4.99 Å². The summed E-state index contributed by atoms with van der Waals surface area (Å²) in [7, 11) is 0. The molecule has 0 fully saturated rings. The van der Waals surface area contributed by atoms with Gasteiger partial charge in [-0.15, -0.1) is 5.10 Å². The van der Waals surface area contributed by atoms with Crippen molar-refractivity contribution in [1.82, 2.24) is 15.0 Å². The summed E-state index contributed by atoms with van der Waals surface area (Å²) in [5, 5.41) is 18.5. The highest BCUT2D eigenvalue weighted by atomic mass is 79.9. The van der Waals surface area contributed by atoms with Crippen molar-refractivity contribution in [3.63, 3.8) is 0 Å². The summed E-state index contributed by atoms with van der Waals surface area (Å²) in [5.74, 6) is 0.939. The van der Waals surface area contributed by atoms with Crippen LogP contribution in [0.1, 0.15) is 121 Å². The smallest absolute Gasteiger partial charge is 0.134 e. The maximum absolute atomic E-state index is 9.99. The van der Waals surface area contributed by atoms with Crippen molar-refractivity contribution in [2.45, 2.75) is 123 Å². The number of aryl methyl sites for hydroxylation is 1. The Kier molecular flexibility index (Phi) is 16.2. The number of hydrogen-bond acceptors (Lipinski definition) is 5. The predicted molar refractivity (Wildman–Crippen MR) is 173 cm³/mol. The molecule has 41 heavy (non-hydrogen) atoms. The molecule has 1 heterocycles. The summed E-state index contributed by atoms with van der Waals surface area (Å²) >= 11 is 3.34. The third-order valence-corrected chi connectivity index (χ3v) is 7.89. The molecule has 0 bridgehead atoms. The van der Waals surface area contributed by atoms with Gasteiger partial charge in [0.05, 0.1) is 11.9 Å². The van der Waals surface area contributed by atoms with E-state index in [4.69, 9.17) is 4.74 Å². The van der Waals surface area contributed by atoms with E-state index in [-0.39, 0.29) is 5.75 Å². The lowest BCUT2D eigenvalue weighted by atomic mass is 10.0. The number of rotatable bonds is 22. The molecule has 0 saturated heterocycles. The van der Waals surface area contributed by atoms with Gasteiger partial charge in [-0.25, -0.2) is 0 Å². The van der Waals surface area contributed by atoms with Gasteiger partial charge >= 0.3 is 0 Å². The van der Waals surface area contributed by atoms with E-state index in [2.05, 4.69) is 38.2 Å². The standard InChI is InChI=1S/C34H49BrN4O2/c1-2-3-4-5-6-7-8-9-10-11-12-13-14-15-16-17-24-39-27-32(37-38-39)28-41-33-22-20-31(21-23-33)36-26-29-18-19-30(35)25-34(29)40/h18-23,25-27,40H,2-17,24,28H2,1H3. The van der Waals surface area contributed by atoms with E-state index >= 15 is 0 Å². The first-order valence-corrected chi connectivity index (χ1v) is 16.6. The molecule has 3 rings (SSSR count). The number of unbranched alkanes of at least 4 members (excludes halogenated alkanes) is 15. The zero-order valence-corrected chi connectivity index (χ0v) is 26.5. The Balaban J connectivity index is 1.19. The Morgan fingerprint density at radius 1 is 0.805 bits per heavy atom. The number of benzene rings is 2. The number of aromatic hydroxyl groups is 1. The van der Waals surface area contributed by atoms with E-state index in [1.54, 1.807) is 12.3 Å². The zero-order valence-electron chi connectivity index (χ0n) is 24.9. The molecule has 2 aromatic carbocycles. The Morgan fingerprint density at radius 3 is 1.98 bits per heavy atom. The predicted octanol–water partition coefficient (Wildman–Crippen LogP) is 10.3. The molecule has 7 heteroatoms. The van der Waals surface area contributed by atoms with E-state index < -0.39 is 0 Å². The van der Waals surface area contributed by atoms with Gasteiger partial charge in [0.15, 0.2) is 0 Å². The molecule has 1 N–H and O–H groups in total. The van der Waals surface area contributed by atoms with Crippen molar-refractivity contribution >= 4 is 27.8 Å². The minimum absolute atomic E-state index is 0.186. The second-order valence-electron chi connectivity index (χ2n) is 11.0. The molecule has 0 radical (unpaired) electrons. The van der Waals surface area contributed by atoms with Crippen LogP contribution in [-0.4, -0.2) is 26.3 Å². The minimum Gasteiger partial charge on any atom is -0.507 e. The second kappa shape index (κ2) is 20.2. The van der Waals surface area contributed by atoms with E-state index in [1.165, 1.54) is 96.3 Å². The van der Waals surface area contributed by atoms with Crippen LogP contribution in [0.15, 0.2) is 58.1 Å². The Hall–Kier alpha value is -2.67. The number of aromatic nitrogens is 3. The molecule has 6 nitrogen and oxygen atoms in total. The number of aliphatic imine (C=N–C) groups is 1. The summed E-state index contributed by atoms with van der Waals surface area (Å²) in [6.07, 6.45) is 25.7. The largest absolute Gasteiger partial charge is 0.507 e. The van der Waals surface area contributed by atoms with E-state index in [0.29, 0.717) is 12.2 Å². The highest BCUT2D eigenvalue weighted by Crippen LogP contribution is 2.23. The first kappa shape index (κ1) is 32.8. The zero-order chi connectivity index (χ0) is 29.0. The fraction of sp³-hybridized carbons (Fsp3) is 0.559. The maximum Gasteiger partial charge on any atom is 0.134 e. The highest BCUT2D eigenvalue weighted by molar-refractivity contribution is 9.10. The maximum atomic E-state index is 9.99. The van der Waals surface area contributed by atoms with E-state index in [1.807, 2.05) is 47.3 Å². The summed E-state index contributed by atoms with van der Waals surface area (Å²) in [6, 6.07) is 12.9. The summed E-state index contributed by atoms with van der Waals surface area (Å²) in [4.78, 5) is 4.43. The number of phenols is 1. The van der Waals surface area contributed by atoms with Gasteiger partial charge < -0.3 is 9.84 Å². The molecule has 0 saturated carbocycles. The summed E-state index contributed by atoms with van der Waals surface area (Å²) < 4.78 is 8.63. The molecule has 0 aliphatic rings. The third kappa shape index (κ3) is 14.2. The molecular weight excluding hydrogens is 576 g/mol. The van der Waals surface area contributed by atoms with Gasteiger partial charge in [0, 0.05) is 22.8 Å². The number of ether oxygens (including phenoxy) is 1. The summed E-state index contributed by atoms with van der Waals surface area (Å²) in [5.41, 5.74) is 2.27. The second-order valence-corrected chi connectivity index (χ2v) is 11.9. The molecular formula is C34H49BrN4O2. The molecule has 224 valence electrons. The first-order valence-electron chi connectivity index (χ1n) is 15.8. The topological polar surface area (TPSA) is 72.5 Å². The van der Waals surface area contributed by atoms with Crippen molar-refractivity contribution in [3.8, 4) is 11.5 Å². The van der Waals surface area contributed by atoms with Crippen molar-refractivity contribution in [1.29, 1.82) is 0 Å². The fourth-order valence-corrected chi connectivity index (χ4v) is 5.24. The van der Waals surface area contributed by atoms with Crippen LogP contribution in [0.5, 0.6) is 11.5 Å². The lowest BCUT2D eigenvalue weighted by molar-refractivity contribution is 0.301. The quantitative estimate of drug-likeness (QED) is 0.0891. The molecule has 0 amide bonds. The minimum atomic E-state index is 0.186. The van der Waals surface area contributed by atoms with Crippen LogP contribution in [-0.2, 0) is 13.2 Å². The number of halogens is 1. The fourth-order valence-electron chi connectivity index (χ4n) is 4.89. The van der Waals surface area contributed by atoms with Gasteiger partial charge in [-0.2, -0.15) is 0 Å². The average Bonchev–Trinajstić information content (AvgIpc) is 3.43. The number of phenolic OH excluding ortho intramolecular Hbond substituents is 1. The van der Waals surface area contributed by atoms with Gasteiger partial charge in [0.1, 0.15) is 23.8 Å². The summed E-state index contributed by atoms with van der Waals surface area (Å²) in [6.45, 7) is 3.58. The highest BCUT2D eigenvalue weighted by Gasteiger charge is 2.04. The molecule has 0 unspecified atom stereocenters. The Labute approximate surface area is 255 Å². The first-order chi connectivity index (χ1) is 20.1. The monoisotopic (exact) mass is 624 g/mol. The Bertz CT molecular complexity index is 1130. The average molecular weight is 626 g/mol. The molecule has 0 aliphatic carbocycles. The van der Waals surface area contributed by atoms with E-state index in [9.17, 15) is 5.11 Å². The van der Waals surface area contributed by atoms with Gasteiger partial charge in [0.25, 0.3) is 0 Å². The Morgan fingerprint density at radius 2 is 1.39 bits per heavy atom.